The maximum absolute atomic E-state index is 14.6. The third kappa shape index (κ3) is 5.29. The number of thiophene rings is 1. The van der Waals surface area contributed by atoms with E-state index in [2.05, 4.69) is 18.0 Å². The van der Waals surface area contributed by atoms with E-state index in [4.69, 9.17) is 16.3 Å². The molecule has 2 aromatic carbocycles. The molecule has 198 valence electrons. The first-order chi connectivity index (χ1) is 18.4. The highest BCUT2D eigenvalue weighted by Crippen LogP contribution is 2.40. The lowest BCUT2D eigenvalue weighted by Crippen LogP contribution is -2.41. The first kappa shape index (κ1) is 26.6. The largest absolute Gasteiger partial charge is 0.496 e. The Morgan fingerprint density at radius 2 is 1.89 bits per heavy atom. The van der Waals surface area contributed by atoms with Crippen LogP contribution in [0.25, 0.3) is 21.2 Å². The molecule has 0 saturated heterocycles. The molecule has 0 N–H and O–H groups in total. The third-order valence-electron chi connectivity index (χ3n) is 7.75. The molecule has 1 fully saturated rings. The van der Waals surface area contributed by atoms with Crippen LogP contribution in [0.15, 0.2) is 54.7 Å². The molecule has 1 aliphatic rings. The Morgan fingerprint density at radius 1 is 1.13 bits per heavy atom. The number of aryl methyl sites for hydroxylation is 1. The monoisotopic (exact) mass is 550 g/mol. The van der Waals surface area contributed by atoms with Crippen LogP contribution in [-0.4, -0.2) is 28.9 Å². The van der Waals surface area contributed by atoms with Gasteiger partial charge in [-0.15, -0.1) is 11.3 Å². The summed E-state index contributed by atoms with van der Waals surface area (Å²) < 4.78 is 21.0. The maximum Gasteiger partial charge on any atom is 0.266 e. The third-order valence-corrected chi connectivity index (χ3v) is 9.38. The van der Waals surface area contributed by atoms with Crippen LogP contribution < -0.4 is 4.74 Å². The molecular weight excluding hydrogens is 519 g/mol. The van der Waals surface area contributed by atoms with E-state index in [1.165, 1.54) is 17.4 Å². The van der Waals surface area contributed by atoms with Crippen LogP contribution in [0.1, 0.15) is 60.0 Å². The molecule has 0 bridgehead atoms. The number of rotatable bonds is 7. The normalized spacial score (nSPS) is 17.5. The van der Waals surface area contributed by atoms with Crippen molar-refractivity contribution < 1.29 is 13.9 Å². The number of hydrogen-bond acceptors (Lipinski definition) is 4. The maximum atomic E-state index is 14.6. The fourth-order valence-electron chi connectivity index (χ4n) is 5.56. The second-order valence-corrected chi connectivity index (χ2v) is 11.5. The Kier molecular flexibility index (Phi) is 8.01. The quantitative estimate of drug-likeness (QED) is 0.231. The number of halogens is 2. The van der Waals surface area contributed by atoms with E-state index in [0.717, 1.165) is 60.2 Å². The van der Waals surface area contributed by atoms with Gasteiger partial charge in [-0.2, -0.15) is 0 Å². The zero-order chi connectivity index (χ0) is 26.8. The summed E-state index contributed by atoms with van der Waals surface area (Å²) in [4.78, 5) is 20.8. The van der Waals surface area contributed by atoms with Gasteiger partial charge in [-0.1, -0.05) is 37.1 Å². The van der Waals surface area contributed by atoms with E-state index < -0.39 is 5.82 Å². The summed E-state index contributed by atoms with van der Waals surface area (Å²) in [6.45, 7) is 4.59. The van der Waals surface area contributed by atoms with Crippen molar-refractivity contribution in [1.82, 2.24) is 9.88 Å². The van der Waals surface area contributed by atoms with Crippen LogP contribution in [0.5, 0.6) is 5.75 Å². The van der Waals surface area contributed by atoms with Crippen molar-refractivity contribution in [2.24, 2.45) is 5.92 Å². The van der Waals surface area contributed by atoms with Gasteiger partial charge in [-0.05, 0) is 86.1 Å². The van der Waals surface area contributed by atoms with Gasteiger partial charge in [0.1, 0.15) is 16.4 Å². The zero-order valence-electron chi connectivity index (χ0n) is 22.0. The minimum Gasteiger partial charge on any atom is -0.496 e. The lowest BCUT2D eigenvalue weighted by Gasteiger charge is -2.37. The van der Waals surface area contributed by atoms with E-state index in [1.807, 2.05) is 42.2 Å². The molecular formula is C31H32ClFN2O2S. The fourth-order valence-corrected chi connectivity index (χ4v) is 7.07. The number of nitrogens with zero attached hydrogens (tertiary/aromatic N) is 2. The van der Waals surface area contributed by atoms with Crippen LogP contribution >= 0.6 is 22.9 Å². The van der Waals surface area contributed by atoms with Crippen LogP contribution in [-0.2, 0) is 6.54 Å². The Labute approximate surface area is 232 Å². The molecule has 1 aliphatic carbocycles. The average molecular weight is 551 g/mol. The van der Waals surface area contributed by atoms with Gasteiger partial charge in [0.25, 0.3) is 5.91 Å². The van der Waals surface area contributed by atoms with Crippen molar-refractivity contribution in [3.63, 3.8) is 0 Å². The molecule has 4 nitrogen and oxygen atoms in total. The lowest BCUT2D eigenvalue weighted by atomic mass is 9.83. The highest BCUT2D eigenvalue weighted by Gasteiger charge is 2.32. The van der Waals surface area contributed by atoms with Crippen molar-refractivity contribution >= 4 is 38.9 Å². The number of fused-ring (bicyclic) bond motifs is 1. The van der Waals surface area contributed by atoms with Gasteiger partial charge in [0.15, 0.2) is 0 Å². The van der Waals surface area contributed by atoms with Crippen LogP contribution in [0.2, 0.25) is 5.02 Å². The topological polar surface area (TPSA) is 42.4 Å². The number of amides is 1. The molecule has 5 rings (SSSR count). The molecule has 38 heavy (non-hydrogen) atoms. The molecule has 0 unspecified atom stereocenters. The van der Waals surface area contributed by atoms with Crippen molar-refractivity contribution in [1.29, 1.82) is 0 Å². The van der Waals surface area contributed by atoms with Crippen molar-refractivity contribution in [3.05, 3.63) is 81.7 Å². The molecule has 0 radical (unpaired) electrons. The van der Waals surface area contributed by atoms with Crippen LogP contribution in [0, 0.1) is 18.7 Å². The highest BCUT2D eigenvalue weighted by molar-refractivity contribution is 7.21. The van der Waals surface area contributed by atoms with E-state index in [9.17, 15) is 9.18 Å². The number of carbonyl (C=O) groups is 1. The number of hydrogen-bond donors (Lipinski definition) is 0. The SMILES string of the molecule is CCC1CCC(N(Cc2cc(-c3ccnc(C)c3)ccc2OC)C(=O)c2sc3cccc(F)c3c2Cl)CC1. The standard InChI is InChI=1S/C31H32ClFN2O2S/c1-4-20-8-11-24(12-9-20)35(31(36)30-29(32)28-25(33)6-5-7-27(28)38-30)18-23-17-21(10-13-26(23)37-3)22-14-15-34-19(2)16-22/h5-7,10,13-17,20,24H,4,8-9,11-12,18H2,1-3H3. The predicted molar refractivity (Wildman–Crippen MR) is 154 cm³/mol. The van der Waals surface area contributed by atoms with E-state index >= 15 is 0 Å². The minimum absolute atomic E-state index is 0.0768. The molecule has 0 atom stereocenters. The number of ether oxygens (including phenoxy) is 1. The molecule has 7 heteroatoms. The van der Waals surface area contributed by atoms with Gasteiger partial charge in [0.05, 0.1) is 12.1 Å². The summed E-state index contributed by atoms with van der Waals surface area (Å²) in [5.74, 6) is 0.869. The summed E-state index contributed by atoms with van der Waals surface area (Å²) in [7, 11) is 1.65. The smallest absolute Gasteiger partial charge is 0.266 e. The predicted octanol–water partition coefficient (Wildman–Crippen LogP) is 8.68. The summed E-state index contributed by atoms with van der Waals surface area (Å²) in [6, 6.07) is 15.0. The Hall–Kier alpha value is -2.96. The zero-order valence-corrected chi connectivity index (χ0v) is 23.5. The summed E-state index contributed by atoms with van der Waals surface area (Å²) in [6.07, 6.45) is 7.02. The number of benzene rings is 2. The summed E-state index contributed by atoms with van der Waals surface area (Å²) in [5.41, 5.74) is 3.96. The average Bonchev–Trinajstić information content (AvgIpc) is 3.28. The lowest BCUT2D eigenvalue weighted by molar-refractivity contribution is 0.0591. The number of pyridine rings is 1. The van der Waals surface area contributed by atoms with Crippen LogP contribution in [0.4, 0.5) is 4.39 Å². The first-order valence-corrected chi connectivity index (χ1v) is 14.4. The van der Waals surface area contributed by atoms with Crippen molar-refractivity contribution in [2.45, 2.75) is 58.5 Å². The molecule has 0 aliphatic heterocycles. The Morgan fingerprint density at radius 3 is 2.58 bits per heavy atom. The second-order valence-electron chi connectivity index (χ2n) is 10.1. The second kappa shape index (κ2) is 11.4. The Bertz CT molecular complexity index is 1460. The van der Waals surface area contributed by atoms with Gasteiger partial charge in [-0.25, -0.2) is 4.39 Å². The molecule has 4 aromatic rings. The minimum atomic E-state index is -0.403. The highest BCUT2D eigenvalue weighted by atomic mass is 35.5. The Balaban J connectivity index is 1.55. The van der Waals surface area contributed by atoms with E-state index in [1.54, 1.807) is 19.4 Å². The number of methoxy groups -OCH3 is 1. The molecule has 2 heterocycles. The summed E-state index contributed by atoms with van der Waals surface area (Å²) in [5, 5.41) is 0.526. The van der Waals surface area contributed by atoms with Crippen molar-refractivity contribution in [3.8, 4) is 16.9 Å². The van der Waals surface area contributed by atoms with Gasteiger partial charge in [-0.3, -0.25) is 9.78 Å². The number of aromatic nitrogens is 1. The van der Waals surface area contributed by atoms with Gasteiger partial charge in [0, 0.05) is 40.1 Å². The van der Waals surface area contributed by atoms with E-state index in [-0.39, 0.29) is 17.0 Å². The molecule has 1 amide bonds. The molecule has 1 saturated carbocycles. The molecule has 0 spiro atoms. The van der Waals surface area contributed by atoms with Gasteiger partial charge in [0.2, 0.25) is 0 Å². The fraction of sp³-hybridized carbons (Fsp3) is 0.355. The van der Waals surface area contributed by atoms with Crippen molar-refractivity contribution in [2.75, 3.05) is 7.11 Å². The van der Waals surface area contributed by atoms with Gasteiger partial charge < -0.3 is 9.64 Å². The number of carbonyl (C=O) groups excluding carboxylic acids is 1. The van der Waals surface area contributed by atoms with E-state index in [0.29, 0.717) is 27.4 Å². The van der Waals surface area contributed by atoms with Crippen LogP contribution in [0.3, 0.4) is 0 Å². The first-order valence-electron chi connectivity index (χ1n) is 13.2. The molecule has 2 aromatic heterocycles. The summed E-state index contributed by atoms with van der Waals surface area (Å²) >= 11 is 7.92. The van der Waals surface area contributed by atoms with Gasteiger partial charge >= 0.3 is 0 Å².